The van der Waals surface area contributed by atoms with Gasteiger partial charge in [0.15, 0.2) is 5.82 Å². The van der Waals surface area contributed by atoms with Crippen LogP contribution in [0.1, 0.15) is 25.3 Å². The molecule has 8 nitrogen and oxygen atoms in total. The van der Waals surface area contributed by atoms with Crippen LogP contribution in [0.3, 0.4) is 0 Å². The maximum atomic E-state index is 12.4. The number of amides is 3. The Morgan fingerprint density at radius 1 is 1.31 bits per heavy atom. The number of urea groups is 1. The number of hydrogen-bond acceptors (Lipinski definition) is 4. The lowest BCUT2D eigenvalue weighted by Gasteiger charge is -2.32. The van der Waals surface area contributed by atoms with E-state index < -0.39 is 0 Å². The molecule has 1 fully saturated rings. The molecule has 3 heterocycles. The first kappa shape index (κ1) is 17.9. The van der Waals surface area contributed by atoms with Gasteiger partial charge >= 0.3 is 6.03 Å². The molecule has 2 aromatic rings. The third kappa shape index (κ3) is 4.38. The van der Waals surface area contributed by atoms with Crippen molar-refractivity contribution in [3.63, 3.8) is 0 Å². The van der Waals surface area contributed by atoms with Gasteiger partial charge in [0.2, 0.25) is 5.91 Å². The quantitative estimate of drug-likeness (QED) is 0.845. The summed E-state index contributed by atoms with van der Waals surface area (Å²) in [6.45, 7) is 4.06. The predicted octanol–water partition coefficient (Wildman–Crippen LogP) is 1.32. The molecule has 0 aliphatic carbocycles. The van der Waals surface area contributed by atoms with E-state index in [0.29, 0.717) is 26.2 Å². The van der Waals surface area contributed by atoms with Crippen molar-refractivity contribution in [1.29, 1.82) is 0 Å². The Labute approximate surface area is 152 Å². The Balaban J connectivity index is 1.51. The monoisotopic (exact) mass is 356 g/mol. The lowest BCUT2D eigenvalue weighted by Crippen LogP contribution is -2.48. The number of aromatic nitrogens is 3. The van der Waals surface area contributed by atoms with Gasteiger partial charge in [-0.1, -0.05) is 6.07 Å². The highest BCUT2D eigenvalue weighted by molar-refractivity contribution is 5.80. The van der Waals surface area contributed by atoms with Gasteiger partial charge in [0, 0.05) is 44.8 Å². The molecule has 3 amide bonds. The van der Waals surface area contributed by atoms with Crippen LogP contribution in [-0.4, -0.2) is 51.2 Å². The van der Waals surface area contributed by atoms with Gasteiger partial charge in [-0.3, -0.25) is 4.79 Å². The molecule has 2 aromatic heterocycles. The second-order valence-corrected chi connectivity index (χ2v) is 6.31. The fourth-order valence-electron chi connectivity index (χ4n) is 3.04. The number of likely N-dealkylation sites (tertiary alicyclic amines) is 1. The number of rotatable bonds is 5. The van der Waals surface area contributed by atoms with Crippen molar-refractivity contribution in [1.82, 2.24) is 30.3 Å². The summed E-state index contributed by atoms with van der Waals surface area (Å²) in [7, 11) is 0. The second-order valence-electron chi connectivity index (χ2n) is 6.31. The van der Waals surface area contributed by atoms with Crippen LogP contribution < -0.4 is 10.6 Å². The lowest BCUT2D eigenvalue weighted by atomic mass is 9.97. The molecule has 0 radical (unpaired) electrons. The summed E-state index contributed by atoms with van der Waals surface area (Å²) in [4.78, 5) is 30.5. The first-order valence-electron chi connectivity index (χ1n) is 8.93. The first-order chi connectivity index (χ1) is 12.7. The SMILES string of the molecule is CCNC(=O)[C@H]1CCCN(C(=O)NCc2ccc(-n3cccn3)nc2)C1. The Kier molecular flexibility index (Phi) is 5.83. The molecule has 0 spiro atoms. The van der Waals surface area contributed by atoms with Crippen molar-refractivity contribution in [2.45, 2.75) is 26.3 Å². The number of nitrogens with zero attached hydrogens (tertiary/aromatic N) is 4. The summed E-state index contributed by atoms with van der Waals surface area (Å²) in [5.41, 5.74) is 0.909. The largest absolute Gasteiger partial charge is 0.356 e. The molecule has 26 heavy (non-hydrogen) atoms. The van der Waals surface area contributed by atoms with Crippen LogP contribution in [0.15, 0.2) is 36.8 Å². The van der Waals surface area contributed by atoms with Gasteiger partial charge in [-0.05, 0) is 37.5 Å². The van der Waals surface area contributed by atoms with Gasteiger partial charge in [-0.25, -0.2) is 14.5 Å². The molecule has 1 aliphatic rings. The van der Waals surface area contributed by atoms with Crippen molar-refractivity contribution in [3.8, 4) is 5.82 Å². The van der Waals surface area contributed by atoms with E-state index in [1.165, 1.54) is 0 Å². The molecule has 1 saturated heterocycles. The zero-order valence-electron chi connectivity index (χ0n) is 14.9. The molecule has 2 N–H and O–H groups in total. The van der Waals surface area contributed by atoms with Crippen LogP contribution in [0.2, 0.25) is 0 Å². The lowest BCUT2D eigenvalue weighted by molar-refractivity contribution is -0.126. The van der Waals surface area contributed by atoms with Crippen molar-refractivity contribution in [3.05, 3.63) is 42.4 Å². The topological polar surface area (TPSA) is 92.2 Å². The molecule has 1 atom stereocenters. The van der Waals surface area contributed by atoms with Gasteiger partial charge in [0.05, 0.1) is 5.92 Å². The Hall–Kier alpha value is -2.90. The third-order valence-corrected chi connectivity index (χ3v) is 4.42. The summed E-state index contributed by atoms with van der Waals surface area (Å²) in [5.74, 6) is 0.638. The molecule has 0 saturated carbocycles. The van der Waals surface area contributed by atoms with Crippen LogP contribution in [0.5, 0.6) is 0 Å². The van der Waals surface area contributed by atoms with E-state index >= 15 is 0 Å². The Morgan fingerprint density at radius 2 is 2.19 bits per heavy atom. The molecule has 8 heteroatoms. The zero-order chi connectivity index (χ0) is 18.4. The summed E-state index contributed by atoms with van der Waals surface area (Å²) in [6, 6.07) is 5.47. The van der Waals surface area contributed by atoms with Gasteiger partial charge in [0.25, 0.3) is 0 Å². The number of piperidine rings is 1. The fraction of sp³-hybridized carbons (Fsp3) is 0.444. The van der Waals surface area contributed by atoms with E-state index in [1.54, 1.807) is 22.0 Å². The smallest absolute Gasteiger partial charge is 0.317 e. The third-order valence-electron chi connectivity index (χ3n) is 4.42. The van der Waals surface area contributed by atoms with E-state index in [-0.39, 0.29) is 17.9 Å². The van der Waals surface area contributed by atoms with E-state index in [2.05, 4.69) is 20.7 Å². The van der Waals surface area contributed by atoms with Gasteiger partial charge in [0.1, 0.15) is 0 Å². The van der Waals surface area contributed by atoms with Gasteiger partial charge < -0.3 is 15.5 Å². The molecular weight excluding hydrogens is 332 g/mol. The van der Waals surface area contributed by atoms with Crippen molar-refractivity contribution >= 4 is 11.9 Å². The molecule has 0 aromatic carbocycles. The van der Waals surface area contributed by atoms with Crippen molar-refractivity contribution < 1.29 is 9.59 Å². The minimum Gasteiger partial charge on any atom is -0.356 e. The normalized spacial score (nSPS) is 17.0. The van der Waals surface area contributed by atoms with Gasteiger partial charge in [-0.2, -0.15) is 5.10 Å². The van der Waals surface area contributed by atoms with Crippen LogP contribution in [0.25, 0.3) is 5.82 Å². The minimum atomic E-state index is -0.143. The number of carbonyl (C=O) groups is 2. The van der Waals surface area contributed by atoms with Crippen LogP contribution in [0.4, 0.5) is 4.79 Å². The second kappa shape index (κ2) is 8.46. The maximum absolute atomic E-state index is 12.4. The highest BCUT2D eigenvalue weighted by Gasteiger charge is 2.27. The number of pyridine rings is 1. The molecule has 0 bridgehead atoms. The summed E-state index contributed by atoms with van der Waals surface area (Å²) >= 11 is 0. The van der Waals surface area contributed by atoms with E-state index in [0.717, 1.165) is 24.2 Å². The molecular formula is C18H24N6O2. The minimum absolute atomic E-state index is 0.0309. The summed E-state index contributed by atoms with van der Waals surface area (Å²) in [5, 5.41) is 9.88. The average molecular weight is 356 g/mol. The van der Waals surface area contributed by atoms with Crippen molar-refractivity contribution in [2.24, 2.45) is 5.92 Å². The van der Waals surface area contributed by atoms with E-state index in [1.807, 2.05) is 31.3 Å². The maximum Gasteiger partial charge on any atom is 0.317 e. The zero-order valence-corrected chi connectivity index (χ0v) is 14.9. The highest BCUT2D eigenvalue weighted by Crippen LogP contribution is 2.16. The first-order valence-corrected chi connectivity index (χ1v) is 8.93. The number of carbonyl (C=O) groups excluding carboxylic acids is 2. The molecule has 0 unspecified atom stereocenters. The van der Waals surface area contributed by atoms with E-state index in [4.69, 9.17) is 0 Å². The van der Waals surface area contributed by atoms with Crippen LogP contribution >= 0.6 is 0 Å². The average Bonchev–Trinajstić information content (AvgIpc) is 3.21. The van der Waals surface area contributed by atoms with Crippen LogP contribution in [-0.2, 0) is 11.3 Å². The predicted molar refractivity (Wildman–Crippen MR) is 96.6 cm³/mol. The Bertz CT molecular complexity index is 729. The van der Waals surface area contributed by atoms with Crippen LogP contribution in [0, 0.1) is 5.92 Å². The Morgan fingerprint density at radius 3 is 2.88 bits per heavy atom. The molecule has 1 aliphatic heterocycles. The standard InChI is InChI=1S/C18H24N6O2/c1-2-19-17(25)15-5-3-9-23(13-15)18(26)21-12-14-6-7-16(20-11-14)24-10-4-8-22-24/h4,6-8,10-11,15H,2-3,5,9,12-13H2,1H3,(H,19,25)(H,21,26)/t15-/m0/s1. The van der Waals surface area contributed by atoms with Crippen molar-refractivity contribution in [2.75, 3.05) is 19.6 Å². The van der Waals surface area contributed by atoms with E-state index in [9.17, 15) is 9.59 Å². The number of nitrogens with one attached hydrogen (secondary N) is 2. The fourth-order valence-corrected chi connectivity index (χ4v) is 3.04. The molecule has 3 rings (SSSR count). The highest BCUT2D eigenvalue weighted by atomic mass is 16.2. The van der Waals surface area contributed by atoms with Gasteiger partial charge in [-0.15, -0.1) is 0 Å². The number of hydrogen-bond donors (Lipinski definition) is 2. The summed E-state index contributed by atoms with van der Waals surface area (Å²) < 4.78 is 1.68. The molecule has 138 valence electrons. The summed E-state index contributed by atoms with van der Waals surface area (Å²) in [6.07, 6.45) is 6.92.